The zero-order valence-electron chi connectivity index (χ0n) is 12.3. The predicted molar refractivity (Wildman–Crippen MR) is 80.7 cm³/mol. The zero-order valence-corrected chi connectivity index (χ0v) is 13.1. The highest BCUT2D eigenvalue weighted by molar-refractivity contribution is 7.89. The molecule has 7 nitrogen and oxygen atoms in total. The van der Waals surface area contributed by atoms with Gasteiger partial charge in [-0.25, -0.2) is 8.42 Å². The van der Waals surface area contributed by atoms with E-state index in [-0.39, 0.29) is 12.1 Å². The van der Waals surface area contributed by atoms with Crippen LogP contribution in [0, 0.1) is 0 Å². The molecule has 0 radical (unpaired) electrons. The maximum absolute atomic E-state index is 12.1. The van der Waals surface area contributed by atoms with Gasteiger partial charge >= 0.3 is 0 Å². The zero-order chi connectivity index (χ0) is 16.3. The molecule has 0 spiro atoms. The molecule has 1 atom stereocenters. The normalized spacial score (nSPS) is 17.5. The van der Waals surface area contributed by atoms with Crippen LogP contribution in [0.2, 0.25) is 0 Å². The van der Waals surface area contributed by atoms with Crippen molar-refractivity contribution in [2.24, 2.45) is 0 Å². The fourth-order valence-corrected chi connectivity index (χ4v) is 3.61. The van der Waals surface area contributed by atoms with Crippen LogP contribution in [0.4, 0.5) is 0 Å². The molecule has 23 heavy (non-hydrogen) atoms. The van der Waals surface area contributed by atoms with Gasteiger partial charge in [-0.2, -0.15) is 0 Å². The van der Waals surface area contributed by atoms with Crippen LogP contribution >= 0.6 is 0 Å². The molecule has 2 heterocycles. The van der Waals surface area contributed by atoms with E-state index in [1.54, 1.807) is 0 Å². The van der Waals surface area contributed by atoms with Gasteiger partial charge in [0.25, 0.3) is 0 Å². The fourth-order valence-electron chi connectivity index (χ4n) is 2.57. The van der Waals surface area contributed by atoms with Crippen molar-refractivity contribution in [3.05, 3.63) is 53.4 Å². The number of carbonyl (C=O) groups excluding carboxylic acids is 1. The summed E-state index contributed by atoms with van der Waals surface area (Å²) < 4.78 is 36.1. The molecule has 1 aliphatic heterocycles. The third kappa shape index (κ3) is 3.96. The summed E-state index contributed by atoms with van der Waals surface area (Å²) in [5.74, 6) is -1.01. The summed E-state index contributed by atoms with van der Waals surface area (Å²) in [6.45, 7) is 0.515. The number of amides is 1. The molecular weight excluding hydrogens is 320 g/mol. The molecule has 0 fully saturated rings. The summed E-state index contributed by atoms with van der Waals surface area (Å²) >= 11 is 0. The maximum Gasteiger partial charge on any atom is 0.240 e. The highest BCUT2D eigenvalue weighted by atomic mass is 32.2. The maximum atomic E-state index is 12.1. The van der Waals surface area contributed by atoms with Gasteiger partial charge in [-0.1, -0.05) is 29.4 Å². The lowest BCUT2D eigenvalue weighted by Gasteiger charge is -2.25. The Morgan fingerprint density at radius 3 is 2.91 bits per heavy atom. The summed E-state index contributed by atoms with van der Waals surface area (Å²) in [6.07, 6.45) is 1.59. The lowest BCUT2D eigenvalue weighted by Crippen LogP contribution is -2.33. The molecule has 1 aromatic heterocycles. The lowest BCUT2D eigenvalue weighted by atomic mass is 9.96. The van der Waals surface area contributed by atoms with Gasteiger partial charge in [0.1, 0.15) is 17.7 Å². The number of sulfonamides is 1. The van der Waals surface area contributed by atoms with Crippen LogP contribution in [0.1, 0.15) is 29.3 Å². The molecule has 3 rings (SSSR count). The minimum Gasteiger partial charge on any atom is -0.373 e. The van der Waals surface area contributed by atoms with Crippen LogP contribution < -0.4 is 4.72 Å². The second kappa shape index (κ2) is 6.51. The first kappa shape index (κ1) is 15.7. The van der Waals surface area contributed by atoms with Crippen LogP contribution in [-0.4, -0.2) is 26.1 Å². The summed E-state index contributed by atoms with van der Waals surface area (Å²) in [5, 5.41) is 3.52. The first-order chi connectivity index (χ1) is 11.0. The van der Waals surface area contributed by atoms with Gasteiger partial charge in [0.2, 0.25) is 15.9 Å². The molecule has 1 aliphatic rings. The Morgan fingerprint density at radius 1 is 1.30 bits per heavy atom. The summed E-state index contributed by atoms with van der Waals surface area (Å²) in [7, 11) is -3.81. The number of carbonyl (C=O) groups is 1. The van der Waals surface area contributed by atoms with Crippen molar-refractivity contribution < 1.29 is 22.5 Å². The minimum absolute atomic E-state index is 0.0466. The number of hydrogen-bond donors (Lipinski definition) is 1. The van der Waals surface area contributed by atoms with Crippen molar-refractivity contribution in [2.45, 2.75) is 24.7 Å². The predicted octanol–water partition coefficient (Wildman–Crippen LogP) is 1.32. The number of hydrogen-bond acceptors (Lipinski definition) is 6. The summed E-state index contributed by atoms with van der Waals surface area (Å²) in [4.78, 5) is 12.1. The van der Waals surface area contributed by atoms with Crippen LogP contribution in [-0.2, 0) is 31.7 Å². The smallest absolute Gasteiger partial charge is 0.240 e. The van der Waals surface area contributed by atoms with E-state index in [4.69, 9.17) is 4.74 Å². The van der Waals surface area contributed by atoms with E-state index in [0.717, 1.165) is 17.5 Å². The van der Waals surface area contributed by atoms with Crippen LogP contribution in [0.15, 0.2) is 41.1 Å². The lowest BCUT2D eigenvalue weighted by molar-refractivity contribution is -0.122. The Kier molecular flexibility index (Phi) is 4.44. The van der Waals surface area contributed by atoms with E-state index in [0.29, 0.717) is 6.61 Å². The van der Waals surface area contributed by atoms with Crippen molar-refractivity contribution in [3.8, 4) is 0 Å². The molecule has 0 unspecified atom stereocenters. The van der Waals surface area contributed by atoms with Gasteiger partial charge < -0.3 is 9.26 Å². The number of nitrogens with zero attached hydrogens (tertiary/aromatic N) is 1. The molecule has 1 amide bonds. The molecule has 0 bridgehead atoms. The van der Waals surface area contributed by atoms with E-state index >= 15 is 0 Å². The van der Waals surface area contributed by atoms with Gasteiger partial charge in [0.05, 0.1) is 19.1 Å². The fraction of sp³-hybridized carbons (Fsp3) is 0.333. The van der Waals surface area contributed by atoms with Crippen LogP contribution in [0.5, 0.6) is 0 Å². The number of rotatable bonds is 5. The number of benzene rings is 1. The Morgan fingerprint density at radius 2 is 2.13 bits per heavy atom. The van der Waals surface area contributed by atoms with Crippen molar-refractivity contribution in [3.63, 3.8) is 0 Å². The highest BCUT2D eigenvalue weighted by Gasteiger charge is 2.25. The van der Waals surface area contributed by atoms with Crippen molar-refractivity contribution in [1.82, 2.24) is 9.88 Å². The molecule has 8 heteroatoms. The highest BCUT2D eigenvalue weighted by Crippen LogP contribution is 2.29. The third-order valence-corrected chi connectivity index (χ3v) is 4.78. The Balaban J connectivity index is 1.64. The monoisotopic (exact) mass is 336 g/mol. The molecular formula is C15H16N2O5S. The standard InChI is InChI=1S/C15H16N2O5S/c18-15(17-23(19,20)10-12-6-8-22-16-12)9-14-13-4-2-1-3-11(13)5-7-21-14/h1-4,6,8,14H,5,7,9-10H2,(H,17,18)/t14-/m1/s1. The largest absolute Gasteiger partial charge is 0.373 e. The first-order valence-electron chi connectivity index (χ1n) is 7.15. The van der Waals surface area contributed by atoms with Gasteiger partial charge in [-0.3, -0.25) is 9.52 Å². The molecule has 2 aromatic rings. The summed E-state index contributed by atoms with van der Waals surface area (Å²) in [5.41, 5.74) is 2.30. The van der Waals surface area contributed by atoms with Gasteiger partial charge in [-0.15, -0.1) is 0 Å². The topological polar surface area (TPSA) is 98.5 Å². The van der Waals surface area contributed by atoms with E-state index in [1.807, 2.05) is 29.0 Å². The Hall–Kier alpha value is -2.19. The van der Waals surface area contributed by atoms with Crippen LogP contribution in [0.3, 0.4) is 0 Å². The number of ether oxygens (including phenoxy) is 1. The van der Waals surface area contributed by atoms with Gasteiger partial charge in [-0.05, 0) is 17.5 Å². The van der Waals surface area contributed by atoms with Gasteiger partial charge in [0.15, 0.2) is 0 Å². The first-order valence-corrected chi connectivity index (χ1v) is 8.81. The van der Waals surface area contributed by atoms with Gasteiger partial charge in [0, 0.05) is 6.07 Å². The van der Waals surface area contributed by atoms with Crippen molar-refractivity contribution in [1.29, 1.82) is 0 Å². The van der Waals surface area contributed by atoms with E-state index in [2.05, 4.69) is 9.68 Å². The summed E-state index contributed by atoms with van der Waals surface area (Å²) in [6, 6.07) is 9.13. The van der Waals surface area contributed by atoms with E-state index in [9.17, 15) is 13.2 Å². The van der Waals surface area contributed by atoms with Crippen molar-refractivity contribution in [2.75, 3.05) is 6.61 Å². The minimum atomic E-state index is -3.81. The number of aromatic nitrogens is 1. The Labute approximate surface area is 133 Å². The quantitative estimate of drug-likeness (QED) is 0.884. The van der Waals surface area contributed by atoms with E-state index in [1.165, 1.54) is 12.3 Å². The second-order valence-corrected chi connectivity index (χ2v) is 7.01. The molecule has 0 aliphatic carbocycles. The van der Waals surface area contributed by atoms with Crippen LogP contribution in [0.25, 0.3) is 0 Å². The SMILES string of the molecule is O=C(C[C@H]1OCCc2ccccc21)NS(=O)(=O)Cc1ccon1. The molecule has 0 saturated heterocycles. The number of nitrogens with one attached hydrogen (secondary N) is 1. The second-order valence-electron chi connectivity index (χ2n) is 5.29. The molecule has 1 N–H and O–H groups in total. The average molecular weight is 336 g/mol. The average Bonchev–Trinajstić information content (AvgIpc) is 2.99. The Bertz CT molecular complexity index is 786. The third-order valence-electron chi connectivity index (χ3n) is 3.56. The molecule has 1 aromatic carbocycles. The molecule has 0 saturated carbocycles. The van der Waals surface area contributed by atoms with Crippen molar-refractivity contribution >= 4 is 15.9 Å². The number of fused-ring (bicyclic) bond motifs is 1. The molecule has 122 valence electrons. The van der Waals surface area contributed by atoms with E-state index < -0.39 is 27.8 Å².